The topological polar surface area (TPSA) is 109 Å². The van der Waals surface area contributed by atoms with E-state index < -0.39 is 12.1 Å². The van der Waals surface area contributed by atoms with Crippen LogP contribution in [-0.4, -0.2) is 98.3 Å². The minimum absolute atomic E-state index is 0.0602. The number of ether oxygens (including phenoxy) is 3. The van der Waals surface area contributed by atoms with Crippen molar-refractivity contribution in [2.45, 2.75) is 50.1 Å². The zero-order valence-electron chi connectivity index (χ0n) is 23.2. The number of nitrogens with zero attached hydrogens (tertiary/aromatic N) is 2. The van der Waals surface area contributed by atoms with Crippen molar-refractivity contribution < 1.29 is 33.0 Å². The summed E-state index contributed by atoms with van der Waals surface area (Å²) in [6.45, 7) is 2.20. The lowest BCUT2D eigenvalue weighted by molar-refractivity contribution is -0.132. The van der Waals surface area contributed by atoms with Crippen LogP contribution >= 0.6 is 0 Å². The Bertz CT molecular complexity index is 1230. The fourth-order valence-electron chi connectivity index (χ4n) is 5.75. The molecule has 220 valence electrons. The first-order valence-electron chi connectivity index (χ1n) is 14.1. The molecule has 3 heterocycles. The van der Waals surface area contributed by atoms with Gasteiger partial charge >= 0.3 is 0 Å². The van der Waals surface area contributed by atoms with Gasteiger partial charge in [-0.3, -0.25) is 19.3 Å². The molecule has 0 radical (unpaired) electrons. The molecule has 2 aromatic carbocycles. The van der Waals surface area contributed by atoms with Gasteiger partial charge < -0.3 is 29.7 Å². The van der Waals surface area contributed by atoms with Crippen molar-refractivity contribution in [2.75, 3.05) is 46.5 Å². The van der Waals surface area contributed by atoms with Gasteiger partial charge in [-0.2, -0.15) is 0 Å². The van der Waals surface area contributed by atoms with Gasteiger partial charge in [-0.05, 0) is 42.7 Å². The third kappa shape index (κ3) is 7.22. The number of carbonyl (C=O) groups is 3. The molecule has 4 atom stereocenters. The van der Waals surface area contributed by atoms with Crippen molar-refractivity contribution >= 4 is 17.7 Å². The number of piperazine rings is 1. The highest BCUT2D eigenvalue weighted by Crippen LogP contribution is 2.26. The number of carbonyl (C=O) groups excluding carboxylic acids is 3. The number of halogens is 1. The summed E-state index contributed by atoms with van der Waals surface area (Å²) < 4.78 is 30.8. The van der Waals surface area contributed by atoms with Gasteiger partial charge in [-0.15, -0.1) is 0 Å². The molecule has 3 aliphatic rings. The first-order valence-corrected chi connectivity index (χ1v) is 14.1. The summed E-state index contributed by atoms with van der Waals surface area (Å²) in [7, 11) is 1.46. The van der Waals surface area contributed by atoms with Crippen molar-refractivity contribution in [3.63, 3.8) is 0 Å². The Kier molecular flexibility index (Phi) is 9.48. The molecule has 5 rings (SSSR count). The van der Waals surface area contributed by atoms with Gasteiger partial charge in [0.2, 0.25) is 11.8 Å². The Balaban J connectivity index is 1.39. The fraction of sp³-hybridized carbons (Fsp3) is 0.500. The van der Waals surface area contributed by atoms with Crippen LogP contribution < -0.4 is 15.4 Å². The molecule has 2 fully saturated rings. The van der Waals surface area contributed by atoms with Crippen LogP contribution in [0.2, 0.25) is 0 Å². The number of methoxy groups -OCH3 is 1. The monoisotopic (exact) mass is 568 g/mol. The highest BCUT2D eigenvalue weighted by atomic mass is 19.1. The van der Waals surface area contributed by atoms with Crippen LogP contribution in [0.3, 0.4) is 0 Å². The normalized spacial score (nSPS) is 25.7. The Morgan fingerprint density at radius 1 is 1.10 bits per heavy atom. The maximum absolute atomic E-state index is 13.8. The van der Waals surface area contributed by atoms with Crippen LogP contribution in [0.4, 0.5) is 4.39 Å². The zero-order chi connectivity index (χ0) is 28.8. The number of benzene rings is 2. The molecule has 2 bridgehead atoms. The van der Waals surface area contributed by atoms with Crippen LogP contribution in [0.25, 0.3) is 0 Å². The predicted molar refractivity (Wildman–Crippen MR) is 148 cm³/mol. The lowest BCUT2D eigenvalue weighted by atomic mass is 9.96. The van der Waals surface area contributed by atoms with Crippen molar-refractivity contribution in [3.05, 3.63) is 65.5 Å². The van der Waals surface area contributed by atoms with Gasteiger partial charge in [-0.1, -0.05) is 24.3 Å². The van der Waals surface area contributed by atoms with Crippen LogP contribution in [0.5, 0.6) is 5.75 Å². The Morgan fingerprint density at radius 2 is 1.90 bits per heavy atom. The summed E-state index contributed by atoms with van der Waals surface area (Å²) >= 11 is 0. The van der Waals surface area contributed by atoms with Gasteiger partial charge in [-0.25, -0.2) is 4.39 Å². The van der Waals surface area contributed by atoms with Crippen LogP contribution in [0.1, 0.15) is 35.2 Å². The maximum Gasteiger partial charge on any atom is 0.258 e. The van der Waals surface area contributed by atoms with Gasteiger partial charge in [0.25, 0.3) is 5.91 Å². The quantitative estimate of drug-likeness (QED) is 0.566. The number of hydrogen-bond donors (Lipinski definition) is 2. The SMILES string of the molecule is COCC(=O)N[C@@H]1CC[C@H]2CCOc3ccccc3C(=O)N3CCN(Cc4ccc(F)cc4)C[C@H]3C(=O)NC[C@H]1O2. The van der Waals surface area contributed by atoms with E-state index in [0.717, 1.165) is 12.0 Å². The Hall–Kier alpha value is -3.54. The second-order valence-electron chi connectivity index (χ2n) is 10.7. The van der Waals surface area contributed by atoms with Crippen molar-refractivity contribution in [1.29, 1.82) is 0 Å². The number of para-hydroxylation sites is 1. The summed E-state index contributed by atoms with van der Waals surface area (Å²) in [4.78, 5) is 43.5. The number of amides is 3. The minimum atomic E-state index is -0.770. The smallest absolute Gasteiger partial charge is 0.258 e. The Morgan fingerprint density at radius 3 is 2.71 bits per heavy atom. The molecule has 2 saturated heterocycles. The molecule has 41 heavy (non-hydrogen) atoms. The summed E-state index contributed by atoms with van der Waals surface area (Å²) in [5.74, 6) is -0.643. The lowest BCUT2D eigenvalue weighted by Gasteiger charge is -2.42. The van der Waals surface area contributed by atoms with Crippen LogP contribution in [0, 0.1) is 5.82 Å². The highest BCUT2D eigenvalue weighted by molar-refractivity contribution is 6.00. The van der Waals surface area contributed by atoms with Crippen molar-refractivity contribution in [2.24, 2.45) is 0 Å². The van der Waals surface area contributed by atoms with E-state index in [2.05, 4.69) is 15.5 Å². The molecule has 2 aromatic rings. The summed E-state index contributed by atoms with van der Waals surface area (Å²) in [5.41, 5.74) is 1.33. The largest absolute Gasteiger partial charge is 0.493 e. The third-order valence-electron chi connectivity index (χ3n) is 7.88. The van der Waals surface area contributed by atoms with E-state index in [4.69, 9.17) is 14.2 Å². The molecule has 3 amide bonds. The zero-order valence-corrected chi connectivity index (χ0v) is 23.2. The van der Waals surface area contributed by atoms with Crippen LogP contribution in [-0.2, 0) is 25.6 Å². The van der Waals surface area contributed by atoms with Gasteiger partial charge in [0.1, 0.15) is 24.2 Å². The average molecular weight is 569 g/mol. The molecule has 0 unspecified atom stereocenters. The molecule has 0 saturated carbocycles. The molecule has 0 aromatic heterocycles. The molecule has 2 N–H and O–H groups in total. The molecule has 10 nitrogen and oxygen atoms in total. The van der Waals surface area contributed by atoms with Gasteiger partial charge in [0.15, 0.2) is 0 Å². The first kappa shape index (κ1) is 29.0. The van der Waals surface area contributed by atoms with Gasteiger partial charge in [0, 0.05) is 46.3 Å². The fourth-order valence-corrected chi connectivity index (χ4v) is 5.75. The van der Waals surface area contributed by atoms with E-state index in [1.54, 1.807) is 35.2 Å². The van der Waals surface area contributed by atoms with E-state index in [1.807, 2.05) is 6.07 Å². The van der Waals surface area contributed by atoms with E-state index >= 15 is 0 Å². The van der Waals surface area contributed by atoms with E-state index in [1.165, 1.54) is 19.2 Å². The van der Waals surface area contributed by atoms with Crippen LogP contribution in [0.15, 0.2) is 48.5 Å². The van der Waals surface area contributed by atoms with Gasteiger partial charge in [0.05, 0.1) is 30.4 Å². The molecule has 3 aliphatic heterocycles. The molecule has 0 spiro atoms. The lowest BCUT2D eigenvalue weighted by Crippen LogP contribution is -2.62. The standard InChI is InChI=1S/C30H37FN4O6/c1-39-19-28(36)33-24-11-10-22-12-15-40-26-5-3-2-4-23(26)30(38)35-14-13-34(17-20-6-8-21(31)9-7-20)18-25(35)29(37)32-16-27(24)41-22/h2-9,22,24-25,27H,10-19H2,1H3,(H,32,37)(H,33,36)/t22-,24+,25-,27+/m0/s1. The van der Waals surface area contributed by atoms with E-state index in [0.29, 0.717) is 56.9 Å². The third-order valence-corrected chi connectivity index (χ3v) is 7.88. The van der Waals surface area contributed by atoms with Crippen molar-refractivity contribution in [3.8, 4) is 5.75 Å². The predicted octanol–water partition coefficient (Wildman–Crippen LogP) is 1.73. The second kappa shape index (κ2) is 13.4. The number of rotatable bonds is 5. The van der Waals surface area contributed by atoms with Crippen molar-refractivity contribution in [1.82, 2.24) is 20.4 Å². The molecule has 11 heteroatoms. The summed E-state index contributed by atoms with van der Waals surface area (Å²) in [5, 5.41) is 5.98. The number of fused-ring (bicyclic) bond motifs is 4. The average Bonchev–Trinajstić information content (AvgIpc) is 2.97. The summed E-state index contributed by atoms with van der Waals surface area (Å²) in [6, 6.07) is 12.3. The number of hydrogen-bond acceptors (Lipinski definition) is 7. The molecular weight excluding hydrogens is 531 g/mol. The maximum atomic E-state index is 13.8. The van der Waals surface area contributed by atoms with E-state index in [-0.39, 0.29) is 48.8 Å². The molecule has 0 aliphatic carbocycles. The summed E-state index contributed by atoms with van der Waals surface area (Å²) in [6.07, 6.45) is 1.46. The Labute approximate surface area is 239 Å². The first-order chi connectivity index (χ1) is 19.9. The second-order valence-corrected chi connectivity index (χ2v) is 10.7. The highest BCUT2D eigenvalue weighted by Gasteiger charge is 2.38. The number of nitrogens with one attached hydrogen (secondary N) is 2. The minimum Gasteiger partial charge on any atom is -0.493 e. The molecular formula is C30H37FN4O6. The van der Waals surface area contributed by atoms with E-state index in [9.17, 15) is 18.8 Å².